The smallest absolute Gasteiger partial charge is 0.329 e. The first-order chi connectivity index (χ1) is 15.9. The summed E-state index contributed by atoms with van der Waals surface area (Å²) in [4.78, 5) is 49.5. The molecule has 9 nitrogen and oxygen atoms in total. The number of urea groups is 1. The molecule has 0 unspecified atom stereocenters. The van der Waals surface area contributed by atoms with Gasteiger partial charge in [-0.1, -0.05) is 18.2 Å². The molecule has 10 heteroatoms. The molecule has 1 saturated heterocycles. The average molecular weight is 450 g/mol. The van der Waals surface area contributed by atoms with Crippen LogP contribution < -0.4 is 10.6 Å². The highest BCUT2D eigenvalue weighted by Crippen LogP contribution is 2.25. The number of esters is 1. The van der Waals surface area contributed by atoms with Crippen molar-refractivity contribution < 1.29 is 28.3 Å². The molecule has 0 aliphatic carbocycles. The van der Waals surface area contributed by atoms with Crippen molar-refractivity contribution in [1.29, 1.82) is 0 Å². The number of benzene rings is 2. The number of aromatic nitrogens is 1. The number of nitrogens with zero attached hydrogens (tertiary/aromatic N) is 2. The second-order valence-corrected chi connectivity index (χ2v) is 7.24. The first-order valence-corrected chi connectivity index (χ1v) is 9.90. The minimum absolute atomic E-state index is 0.00238. The van der Waals surface area contributed by atoms with Gasteiger partial charge in [0.05, 0.1) is 7.11 Å². The summed E-state index contributed by atoms with van der Waals surface area (Å²) in [7, 11) is 1.17. The Hall–Kier alpha value is -4.47. The van der Waals surface area contributed by atoms with Crippen molar-refractivity contribution in [2.45, 2.75) is 6.54 Å². The topological polar surface area (TPSA) is 110 Å². The summed E-state index contributed by atoms with van der Waals surface area (Å²) < 4.78 is 19.3. The number of hydrogen-bond donors (Lipinski definition) is 2. The summed E-state index contributed by atoms with van der Waals surface area (Å²) in [6, 6.07) is 12.0. The number of para-hydroxylation sites is 1. The van der Waals surface area contributed by atoms with Gasteiger partial charge in [0.2, 0.25) is 5.91 Å². The van der Waals surface area contributed by atoms with E-state index in [-0.39, 0.29) is 18.1 Å². The summed E-state index contributed by atoms with van der Waals surface area (Å²) in [5.41, 5.74) is 1.80. The molecule has 2 aromatic carbocycles. The van der Waals surface area contributed by atoms with Gasteiger partial charge in [0, 0.05) is 28.4 Å². The zero-order valence-electron chi connectivity index (χ0n) is 17.5. The highest BCUT2D eigenvalue weighted by molar-refractivity contribution is 6.15. The number of rotatable bonds is 6. The first kappa shape index (κ1) is 21.8. The Bertz CT molecular complexity index is 1300. The molecule has 1 fully saturated rings. The third kappa shape index (κ3) is 4.59. The quantitative estimate of drug-likeness (QED) is 0.341. The fourth-order valence-electron chi connectivity index (χ4n) is 3.47. The number of nitrogens with one attached hydrogen (secondary N) is 2. The van der Waals surface area contributed by atoms with Gasteiger partial charge in [-0.05, 0) is 36.4 Å². The molecule has 33 heavy (non-hydrogen) atoms. The monoisotopic (exact) mass is 450 g/mol. The molecule has 168 valence electrons. The summed E-state index contributed by atoms with van der Waals surface area (Å²) in [6.45, 7) is -0.528. The molecule has 1 aromatic heterocycles. The number of amides is 4. The van der Waals surface area contributed by atoms with E-state index in [1.165, 1.54) is 37.5 Å². The van der Waals surface area contributed by atoms with Crippen molar-refractivity contribution in [2.75, 3.05) is 19.0 Å². The van der Waals surface area contributed by atoms with Crippen LogP contribution in [0.2, 0.25) is 0 Å². The predicted molar refractivity (Wildman–Crippen MR) is 117 cm³/mol. The molecule has 3 aromatic rings. The number of carbonyl (C=O) groups is 4. The maximum absolute atomic E-state index is 13.1. The normalized spacial score (nSPS) is 14.6. The maximum atomic E-state index is 13.1. The van der Waals surface area contributed by atoms with Gasteiger partial charge < -0.3 is 19.9 Å². The zero-order valence-corrected chi connectivity index (χ0v) is 17.5. The lowest BCUT2D eigenvalue weighted by atomic mass is 10.1. The standard InChI is InChI=1S/C23H19FN4O5/c1-33-21(30)13-28-22(31)18(26-23(28)32)10-14-11-27(19-5-3-2-4-17(14)19)12-20(29)25-16-8-6-15(24)7-9-16/h2-11H,12-13H2,1H3,(H,25,29)(H,26,32)/b18-10+. The third-order valence-corrected chi connectivity index (χ3v) is 5.04. The van der Waals surface area contributed by atoms with Crippen molar-refractivity contribution in [3.8, 4) is 0 Å². The van der Waals surface area contributed by atoms with Crippen LogP contribution >= 0.6 is 0 Å². The van der Waals surface area contributed by atoms with Gasteiger partial charge in [0.15, 0.2) is 0 Å². The molecule has 1 aliphatic heterocycles. The van der Waals surface area contributed by atoms with Crippen LogP contribution in [0.1, 0.15) is 5.56 Å². The van der Waals surface area contributed by atoms with Gasteiger partial charge in [-0.2, -0.15) is 0 Å². The molecular weight excluding hydrogens is 431 g/mol. The Labute approximate surface area is 187 Å². The van der Waals surface area contributed by atoms with Crippen LogP contribution in [0, 0.1) is 5.82 Å². The predicted octanol–water partition coefficient (Wildman–Crippen LogP) is 2.48. The van der Waals surface area contributed by atoms with Crippen molar-refractivity contribution in [1.82, 2.24) is 14.8 Å². The van der Waals surface area contributed by atoms with E-state index >= 15 is 0 Å². The van der Waals surface area contributed by atoms with E-state index in [1.807, 2.05) is 24.3 Å². The fraction of sp³-hybridized carbons (Fsp3) is 0.130. The summed E-state index contributed by atoms with van der Waals surface area (Å²) in [5, 5.41) is 5.92. The van der Waals surface area contributed by atoms with E-state index in [1.54, 1.807) is 10.8 Å². The average Bonchev–Trinajstić information content (AvgIpc) is 3.27. The van der Waals surface area contributed by atoms with E-state index in [9.17, 15) is 23.6 Å². The lowest BCUT2D eigenvalue weighted by Crippen LogP contribution is -2.36. The number of imide groups is 1. The number of halogens is 1. The van der Waals surface area contributed by atoms with Crippen LogP contribution in [0.25, 0.3) is 17.0 Å². The van der Waals surface area contributed by atoms with Gasteiger partial charge in [-0.25, -0.2) is 14.1 Å². The second-order valence-electron chi connectivity index (χ2n) is 7.24. The van der Waals surface area contributed by atoms with Crippen molar-refractivity contribution in [2.24, 2.45) is 0 Å². The molecule has 0 saturated carbocycles. The van der Waals surface area contributed by atoms with E-state index in [2.05, 4.69) is 15.4 Å². The Morgan fingerprint density at radius 3 is 2.55 bits per heavy atom. The highest BCUT2D eigenvalue weighted by Gasteiger charge is 2.35. The largest absolute Gasteiger partial charge is 0.468 e. The zero-order chi connectivity index (χ0) is 23.5. The van der Waals surface area contributed by atoms with E-state index in [0.717, 1.165) is 15.8 Å². The number of carbonyl (C=O) groups excluding carboxylic acids is 4. The minimum Gasteiger partial charge on any atom is -0.468 e. The summed E-state index contributed by atoms with van der Waals surface area (Å²) in [5.74, 6) is -2.10. The van der Waals surface area contributed by atoms with Crippen LogP contribution in [0.4, 0.5) is 14.9 Å². The van der Waals surface area contributed by atoms with Crippen molar-refractivity contribution >= 4 is 46.5 Å². The molecule has 2 heterocycles. The van der Waals surface area contributed by atoms with E-state index in [0.29, 0.717) is 11.3 Å². The molecule has 0 spiro atoms. The Balaban J connectivity index is 1.59. The number of anilines is 1. The van der Waals surface area contributed by atoms with E-state index in [4.69, 9.17) is 0 Å². The molecular formula is C23H19FN4O5. The highest BCUT2D eigenvalue weighted by atomic mass is 19.1. The summed E-state index contributed by atoms with van der Waals surface area (Å²) >= 11 is 0. The maximum Gasteiger partial charge on any atom is 0.329 e. The molecule has 0 radical (unpaired) electrons. The molecule has 0 bridgehead atoms. The van der Waals surface area contributed by atoms with Gasteiger partial charge in [-0.15, -0.1) is 0 Å². The van der Waals surface area contributed by atoms with Crippen LogP contribution in [-0.2, 0) is 25.7 Å². The Kier molecular flexibility index (Phi) is 5.90. The molecule has 4 amide bonds. The van der Waals surface area contributed by atoms with Crippen molar-refractivity contribution in [3.63, 3.8) is 0 Å². The number of ether oxygens (including phenoxy) is 1. The van der Waals surface area contributed by atoms with Crippen LogP contribution in [-0.4, -0.2) is 46.9 Å². The molecule has 2 N–H and O–H groups in total. The van der Waals surface area contributed by atoms with Gasteiger partial charge in [0.25, 0.3) is 5.91 Å². The van der Waals surface area contributed by atoms with Crippen LogP contribution in [0.5, 0.6) is 0 Å². The lowest BCUT2D eigenvalue weighted by Gasteiger charge is -2.08. The third-order valence-electron chi connectivity index (χ3n) is 5.04. The Morgan fingerprint density at radius 1 is 1.09 bits per heavy atom. The fourth-order valence-corrected chi connectivity index (χ4v) is 3.47. The first-order valence-electron chi connectivity index (χ1n) is 9.90. The van der Waals surface area contributed by atoms with Gasteiger partial charge in [-0.3, -0.25) is 14.4 Å². The number of fused-ring (bicyclic) bond motifs is 1. The summed E-state index contributed by atoms with van der Waals surface area (Å²) in [6.07, 6.45) is 3.18. The SMILES string of the molecule is COC(=O)CN1C(=O)N/C(=C/c2cn(CC(=O)Nc3ccc(F)cc3)c3ccccc23)C1=O. The Morgan fingerprint density at radius 2 is 1.82 bits per heavy atom. The number of methoxy groups -OCH3 is 1. The van der Waals surface area contributed by atoms with E-state index < -0.39 is 30.3 Å². The second kappa shape index (κ2) is 8.95. The molecule has 4 rings (SSSR count). The molecule has 0 atom stereocenters. The van der Waals surface area contributed by atoms with Gasteiger partial charge >= 0.3 is 12.0 Å². The molecule has 1 aliphatic rings. The van der Waals surface area contributed by atoms with Gasteiger partial charge in [0.1, 0.15) is 24.6 Å². The minimum atomic E-state index is -0.723. The van der Waals surface area contributed by atoms with Crippen LogP contribution in [0.3, 0.4) is 0 Å². The lowest BCUT2D eigenvalue weighted by molar-refractivity contribution is -0.143. The van der Waals surface area contributed by atoms with Crippen molar-refractivity contribution in [3.05, 3.63) is 71.8 Å². The van der Waals surface area contributed by atoms with Crippen LogP contribution in [0.15, 0.2) is 60.4 Å². The number of hydrogen-bond acceptors (Lipinski definition) is 5.